The highest BCUT2D eigenvalue weighted by atomic mass is 16.4. The predicted molar refractivity (Wildman–Crippen MR) is 102 cm³/mol. The van der Waals surface area contributed by atoms with E-state index in [2.05, 4.69) is 15.3 Å². The van der Waals surface area contributed by atoms with Crippen molar-refractivity contribution in [2.24, 2.45) is 0 Å². The molecule has 1 atom stereocenters. The van der Waals surface area contributed by atoms with E-state index in [9.17, 15) is 4.79 Å². The Morgan fingerprint density at radius 1 is 1.26 bits per heavy atom. The molecule has 3 aromatic rings. The Morgan fingerprint density at radius 3 is 2.89 bits per heavy atom. The second-order valence-corrected chi connectivity index (χ2v) is 6.66. The zero-order chi connectivity index (χ0) is 18.6. The highest BCUT2D eigenvalue weighted by Gasteiger charge is 2.29. The molecule has 0 spiro atoms. The number of nitrogens with zero attached hydrogens (tertiary/aromatic N) is 3. The van der Waals surface area contributed by atoms with Crippen molar-refractivity contribution in [2.75, 3.05) is 19.6 Å². The third-order valence-electron chi connectivity index (χ3n) is 4.87. The number of hydrogen-bond donors (Lipinski definition) is 1. The lowest BCUT2D eigenvalue weighted by Gasteiger charge is -2.36. The smallest absolute Gasteiger partial charge is 0.229 e. The van der Waals surface area contributed by atoms with E-state index in [0.717, 1.165) is 24.2 Å². The normalized spacial score (nSPS) is 17.1. The van der Waals surface area contributed by atoms with Crippen LogP contribution in [0.1, 0.15) is 23.1 Å². The summed E-state index contributed by atoms with van der Waals surface area (Å²) in [6.07, 6.45) is 3.81. The first-order valence-electron chi connectivity index (χ1n) is 9.14. The van der Waals surface area contributed by atoms with Gasteiger partial charge < -0.3 is 14.6 Å². The number of aryl methyl sites for hydroxylation is 1. The summed E-state index contributed by atoms with van der Waals surface area (Å²) >= 11 is 0. The van der Waals surface area contributed by atoms with Crippen molar-refractivity contribution in [3.05, 3.63) is 71.9 Å². The summed E-state index contributed by atoms with van der Waals surface area (Å²) in [4.78, 5) is 23.7. The molecule has 1 aromatic carbocycles. The molecule has 1 aliphatic rings. The molecule has 138 valence electrons. The minimum atomic E-state index is -0.0132. The molecule has 2 aromatic heterocycles. The number of amides is 1. The quantitative estimate of drug-likeness (QED) is 0.773. The number of rotatable bonds is 4. The first kappa shape index (κ1) is 17.4. The second-order valence-electron chi connectivity index (χ2n) is 6.66. The Balaban J connectivity index is 1.54. The van der Waals surface area contributed by atoms with Crippen LogP contribution in [-0.4, -0.2) is 40.4 Å². The van der Waals surface area contributed by atoms with Crippen LogP contribution in [0.4, 0.5) is 0 Å². The van der Waals surface area contributed by atoms with Gasteiger partial charge in [-0.1, -0.05) is 24.3 Å². The van der Waals surface area contributed by atoms with Gasteiger partial charge in [0, 0.05) is 37.6 Å². The van der Waals surface area contributed by atoms with Gasteiger partial charge in [0.2, 0.25) is 11.8 Å². The van der Waals surface area contributed by atoms with Gasteiger partial charge in [-0.25, -0.2) is 4.98 Å². The molecule has 0 bridgehead atoms. The number of aromatic nitrogens is 2. The van der Waals surface area contributed by atoms with Gasteiger partial charge in [-0.05, 0) is 30.7 Å². The number of carbonyl (C=O) groups is 1. The maximum Gasteiger partial charge on any atom is 0.229 e. The molecule has 1 fully saturated rings. The third kappa shape index (κ3) is 3.75. The highest BCUT2D eigenvalue weighted by molar-refractivity contribution is 5.79. The van der Waals surface area contributed by atoms with Gasteiger partial charge in [-0.15, -0.1) is 0 Å². The fourth-order valence-corrected chi connectivity index (χ4v) is 3.41. The zero-order valence-corrected chi connectivity index (χ0v) is 15.3. The first-order valence-corrected chi connectivity index (χ1v) is 9.14. The fourth-order valence-electron chi connectivity index (χ4n) is 3.41. The van der Waals surface area contributed by atoms with Crippen LogP contribution in [0.2, 0.25) is 0 Å². The number of oxazole rings is 1. The number of benzene rings is 1. The Hall–Kier alpha value is -2.99. The Labute approximate surface area is 158 Å². The van der Waals surface area contributed by atoms with Crippen LogP contribution in [0, 0.1) is 6.92 Å². The highest BCUT2D eigenvalue weighted by Crippen LogP contribution is 2.25. The molecule has 3 heterocycles. The SMILES string of the molecule is Cc1oc(-c2ccccc2)nc1CC(=O)N1CCNCC1c1cccnc1. The third-order valence-corrected chi connectivity index (χ3v) is 4.87. The average molecular weight is 362 g/mol. The van der Waals surface area contributed by atoms with Gasteiger partial charge in [-0.3, -0.25) is 9.78 Å². The molecule has 0 aliphatic carbocycles. The molecule has 6 heteroatoms. The van der Waals surface area contributed by atoms with Gasteiger partial charge in [0.25, 0.3) is 0 Å². The number of carbonyl (C=O) groups excluding carboxylic acids is 1. The lowest BCUT2D eigenvalue weighted by Crippen LogP contribution is -2.49. The van der Waals surface area contributed by atoms with Gasteiger partial charge in [0.1, 0.15) is 5.76 Å². The van der Waals surface area contributed by atoms with Crippen molar-refractivity contribution >= 4 is 5.91 Å². The number of piperazine rings is 1. The largest absolute Gasteiger partial charge is 0.441 e. The van der Waals surface area contributed by atoms with Crippen molar-refractivity contribution in [1.29, 1.82) is 0 Å². The van der Waals surface area contributed by atoms with E-state index in [-0.39, 0.29) is 18.4 Å². The molecule has 1 N–H and O–H groups in total. The fraction of sp³-hybridized carbons (Fsp3) is 0.286. The summed E-state index contributed by atoms with van der Waals surface area (Å²) in [7, 11) is 0. The number of hydrogen-bond acceptors (Lipinski definition) is 5. The van der Waals surface area contributed by atoms with E-state index in [1.54, 1.807) is 6.20 Å². The van der Waals surface area contributed by atoms with E-state index >= 15 is 0 Å². The van der Waals surface area contributed by atoms with Crippen molar-refractivity contribution in [1.82, 2.24) is 20.2 Å². The monoisotopic (exact) mass is 362 g/mol. The standard InChI is InChI=1S/C21H22N4O2/c1-15-18(24-21(27-15)16-6-3-2-4-7-16)12-20(26)25-11-10-23-14-19(25)17-8-5-9-22-13-17/h2-9,13,19,23H,10-12,14H2,1H3. The van der Waals surface area contributed by atoms with Crippen LogP contribution < -0.4 is 5.32 Å². The molecule has 27 heavy (non-hydrogen) atoms. The summed E-state index contributed by atoms with van der Waals surface area (Å²) in [6, 6.07) is 13.6. The zero-order valence-electron chi connectivity index (χ0n) is 15.3. The van der Waals surface area contributed by atoms with Crippen LogP contribution in [0.3, 0.4) is 0 Å². The van der Waals surface area contributed by atoms with Crippen molar-refractivity contribution in [2.45, 2.75) is 19.4 Å². The minimum Gasteiger partial charge on any atom is -0.441 e. The number of nitrogens with one attached hydrogen (secondary N) is 1. The van der Waals surface area contributed by atoms with Crippen LogP contribution in [0.15, 0.2) is 59.3 Å². The summed E-state index contributed by atoms with van der Waals surface area (Å²) in [5, 5.41) is 3.36. The van der Waals surface area contributed by atoms with Gasteiger partial charge in [-0.2, -0.15) is 0 Å². The molecule has 6 nitrogen and oxygen atoms in total. The molecular weight excluding hydrogens is 340 g/mol. The van der Waals surface area contributed by atoms with Crippen LogP contribution in [-0.2, 0) is 11.2 Å². The Bertz CT molecular complexity index is 908. The van der Waals surface area contributed by atoms with E-state index in [4.69, 9.17) is 4.42 Å². The van der Waals surface area contributed by atoms with E-state index in [0.29, 0.717) is 23.9 Å². The van der Waals surface area contributed by atoms with Crippen LogP contribution in [0.25, 0.3) is 11.5 Å². The van der Waals surface area contributed by atoms with Crippen LogP contribution >= 0.6 is 0 Å². The maximum atomic E-state index is 13.0. The molecule has 1 aliphatic heterocycles. The van der Waals surface area contributed by atoms with Crippen molar-refractivity contribution in [3.8, 4) is 11.5 Å². The molecule has 0 radical (unpaired) electrons. The Morgan fingerprint density at radius 2 is 2.11 bits per heavy atom. The molecule has 4 rings (SSSR count). The van der Waals surface area contributed by atoms with E-state index < -0.39 is 0 Å². The molecule has 1 saturated heterocycles. The van der Waals surface area contributed by atoms with Gasteiger partial charge >= 0.3 is 0 Å². The molecule has 1 amide bonds. The number of pyridine rings is 1. The van der Waals surface area contributed by atoms with Gasteiger partial charge in [0.05, 0.1) is 18.2 Å². The average Bonchev–Trinajstić information content (AvgIpc) is 3.09. The summed E-state index contributed by atoms with van der Waals surface area (Å²) in [6.45, 7) is 4.04. The van der Waals surface area contributed by atoms with Crippen LogP contribution in [0.5, 0.6) is 0 Å². The lowest BCUT2D eigenvalue weighted by atomic mass is 10.0. The Kier molecular flexibility index (Phi) is 4.98. The first-order chi connectivity index (χ1) is 13.2. The second kappa shape index (κ2) is 7.72. The molecule has 0 saturated carbocycles. The predicted octanol–water partition coefficient (Wildman–Crippen LogP) is 2.76. The van der Waals surface area contributed by atoms with Crippen molar-refractivity contribution in [3.63, 3.8) is 0 Å². The summed E-state index contributed by atoms with van der Waals surface area (Å²) in [5.74, 6) is 1.30. The minimum absolute atomic E-state index is 0.0132. The van der Waals surface area contributed by atoms with Crippen molar-refractivity contribution < 1.29 is 9.21 Å². The topological polar surface area (TPSA) is 71.3 Å². The molecular formula is C21H22N4O2. The van der Waals surface area contributed by atoms with E-state index in [1.165, 1.54) is 0 Å². The summed E-state index contributed by atoms with van der Waals surface area (Å²) < 4.78 is 5.80. The molecule has 1 unspecified atom stereocenters. The maximum absolute atomic E-state index is 13.0. The lowest BCUT2D eigenvalue weighted by molar-refractivity contribution is -0.133. The van der Waals surface area contributed by atoms with Gasteiger partial charge in [0.15, 0.2) is 0 Å². The van der Waals surface area contributed by atoms with E-state index in [1.807, 2.05) is 60.5 Å². The summed E-state index contributed by atoms with van der Waals surface area (Å²) in [5.41, 5.74) is 2.65.